The van der Waals surface area contributed by atoms with E-state index in [1.54, 1.807) is 42.5 Å². The number of nitrogens with one attached hydrogen (secondary N) is 2. The summed E-state index contributed by atoms with van der Waals surface area (Å²) in [4.78, 5) is 48.0. The van der Waals surface area contributed by atoms with Gasteiger partial charge >= 0.3 is 5.97 Å². The molecule has 142 valence electrons. The van der Waals surface area contributed by atoms with E-state index in [4.69, 9.17) is 4.74 Å². The van der Waals surface area contributed by atoms with Gasteiger partial charge < -0.3 is 10.1 Å². The Kier molecular flexibility index (Phi) is 5.30. The molecular weight excluding hydrogens is 362 g/mol. The normalized spacial score (nSPS) is 11.6. The van der Waals surface area contributed by atoms with Crippen molar-refractivity contribution in [1.82, 2.24) is 10.2 Å². The molecule has 0 aliphatic heterocycles. The summed E-state index contributed by atoms with van der Waals surface area (Å²) in [6.07, 6.45) is -1.12. The van der Waals surface area contributed by atoms with Crippen LogP contribution in [0.4, 0.5) is 5.69 Å². The zero-order valence-corrected chi connectivity index (χ0v) is 15.2. The lowest BCUT2D eigenvalue weighted by molar-refractivity contribution is -0.123. The first-order valence-corrected chi connectivity index (χ1v) is 8.47. The van der Waals surface area contributed by atoms with Crippen LogP contribution in [-0.4, -0.2) is 34.0 Å². The number of anilines is 1. The zero-order valence-electron chi connectivity index (χ0n) is 15.2. The molecule has 0 fully saturated rings. The van der Waals surface area contributed by atoms with E-state index in [9.17, 15) is 19.2 Å². The number of carbonyl (C=O) groups excluding carboxylic acids is 3. The molecule has 3 aromatic rings. The second-order valence-corrected chi connectivity index (χ2v) is 6.12. The lowest BCUT2D eigenvalue weighted by Crippen LogP contribution is -2.30. The maximum atomic E-state index is 12.4. The Labute approximate surface area is 159 Å². The average molecular weight is 379 g/mol. The van der Waals surface area contributed by atoms with Gasteiger partial charge in [-0.1, -0.05) is 30.3 Å². The van der Waals surface area contributed by atoms with E-state index in [0.29, 0.717) is 22.0 Å². The van der Waals surface area contributed by atoms with Gasteiger partial charge in [0.2, 0.25) is 0 Å². The molecule has 8 nitrogen and oxygen atoms in total. The number of hydrogen-bond acceptors (Lipinski definition) is 6. The summed E-state index contributed by atoms with van der Waals surface area (Å²) in [5.41, 5.74) is 0.344. The van der Waals surface area contributed by atoms with Crippen molar-refractivity contribution < 1.29 is 19.1 Å². The number of esters is 1. The van der Waals surface area contributed by atoms with Crippen molar-refractivity contribution >= 4 is 34.1 Å². The monoisotopic (exact) mass is 379 g/mol. The van der Waals surface area contributed by atoms with Gasteiger partial charge in [0.05, 0.1) is 5.39 Å². The Morgan fingerprint density at radius 1 is 1.07 bits per heavy atom. The number of ketones is 1. The predicted molar refractivity (Wildman–Crippen MR) is 102 cm³/mol. The maximum absolute atomic E-state index is 12.4. The third-order valence-corrected chi connectivity index (χ3v) is 4.08. The van der Waals surface area contributed by atoms with Crippen LogP contribution in [0, 0.1) is 0 Å². The standard InChI is InChI=1S/C20H17N3O5/c1-11(24)13-6-5-7-14(10-13)21-18(25)12(2)28-20(27)17-15-8-3-4-9-16(15)19(26)23-22-17/h3-10,12H,1-2H3,(H,21,25)(H,23,26)/t12-/m0/s1. The summed E-state index contributed by atoms with van der Waals surface area (Å²) < 4.78 is 5.19. The van der Waals surface area contributed by atoms with Crippen LogP contribution in [0.25, 0.3) is 10.8 Å². The summed E-state index contributed by atoms with van der Waals surface area (Å²) >= 11 is 0. The van der Waals surface area contributed by atoms with Crippen molar-refractivity contribution in [3.63, 3.8) is 0 Å². The van der Waals surface area contributed by atoms with Crippen molar-refractivity contribution in [2.45, 2.75) is 20.0 Å². The van der Waals surface area contributed by atoms with Gasteiger partial charge in [-0.25, -0.2) is 9.89 Å². The van der Waals surface area contributed by atoms with Crippen LogP contribution in [0.2, 0.25) is 0 Å². The van der Waals surface area contributed by atoms with Gasteiger partial charge in [-0.05, 0) is 32.0 Å². The van der Waals surface area contributed by atoms with E-state index >= 15 is 0 Å². The summed E-state index contributed by atoms with van der Waals surface area (Å²) in [6.45, 7) is 2.84. The molecule has 1 heterocycles. The minimum absolute atomic E-state index is 0.0894. The Hall–Kier alpha value is -3.81. The number of Topliss-reactive ketones (excluding diaryl/α,β-unsaturated/α-hetero) is 1. The lowest BCUT2D eigenvalue weighted by Gasteiger charge is -2.14. The Morgan fingerprint density at radius 2 is 1.79 bits per heavy atom. The Bertz CT molecular complexity index is 1140. The van der Waals surface area contributed by atoms with E-state index in [1.165, 1.54) is 19.9 Å². The first-order valence-electron chi connectivity index (χ1n) is 8.47. The van der Waals surface area contributed by atoms with Gasteiger partial charge in [-0.2, -0.15) is 5.10 Å². The summed E-state index contributed by atoms with van der Waals surface area (Å²) in [7, 11) is 0. The molecule has 0 unspecified atom stereocenters. The molecular formula is C20H17N3O5. The maximum Gasteiger partial charge on any atom is 0.360 e. The SMILES string of the molecule is CC(=O)c1cccc(NC(=O)[C@H](C)OC(=O)c2n[nH]c(=O)c3ccccc23)c1. The first-order chi connectivity index (χ1) is 13.4. The third-order valence-electron chi connectivity index (χ3n) is 4.08. The number of carbonyl (C=O) groups is 3. The Balaban J connectivity index is 1.75. The number of fused-ring (bicyclic) bond motifs is 1. The highest BCUT2D eigenvalue weighted by atomic mass is 16.5. The lowest BCUT2D eigenvalue weighted by atomic mass is 10.1. The number of ether oxygens (including phenoxy) is 1. The fourth-order valence-electron chi connectivity index (χ4n) is 2.60. The molecule has 0 aliphatic rings. The van der Waals surface area contributed by atoms with Gasteiger partial charge in [0.15, 0.2) is 17.6 Å². The molecule has 0 saturated carbocycles. The zero-order chi connectivity index (χ0) is 20.3. The highest BCUT2D eigenvalue weighted by Gasteiger charge is 2.22. The second-order valence-electron chi connectivity index (χ2n) is 6.12. The van der Waals surface area contributed by atoms with Gasteiger partial charge in [-0.15, -0.1) is 0 Å². The highest BCUT2D eigenvalue weighted by Crippen LogP contribution is 2.15. The minimum Gasteiger partial charge on any atom is -0.448 e. The smallest absolute Gasteiger partial charge is 0.360 e. The van der Waals surface area contributed by atoms with Gasteiger partial charge in [0.25, 0.3) is 11.5 Å². The molecule has 0 saturated heterocycles. The van der Waals surface area contributed by atoms with Crippen LogP contribution in [0.15, 0.2) is 53.3 Å². The fraction of sp³-hybridized carbons (Fsp3) is 0.150. The van der Waals surface area contributed by atoms with Crippen LogP contribution < -0.4 is 10.9 Å². The number of aromatic nitrogens is 2. The molecule has 2 N–H and O–H groups in total. The predicted octanol–water partition coefficient (Wildman–Crippen LogP) is 2.31. The number of rotatable bonds is 5. The topological polar surface area (TPSA) is 118 Å². The number of hydrogen-bond donors (Lipinski definition) is 2. The van der Waals surface area contributed by atoms with Crippen molar-refractivity contribution in [3.8, 4) is 0 Å². The van der Waals surface area contributed by atoms with E-state index in [1.807, 2.05) is 0 Å². The molecule has 8 heteroatoms. The van der Waals surface area contributed by atoms with Crippen molar-refractivity contribution in [2.75, 3.05) is 5.32 Å². The number of H-pyrrole nitrogens is 1. The van der Waals surface area contributed by atoms with E-state index in [0.717, 1.165) is 0 Å². The second kappa shape index (κ2) is 7.83. The molecule has 3 rings (SSSR count). The summed E-state index contributed by atoms with van der Waals surface area (Å²) in [5, 5.41) is 9.22. The summed E-state index contributed by atoms with van der Waals surface area (Å²) in [5.74, 6) is -1.54. The molecule has 0 bridgehead atoms. The van der Waals surface area contributed by atoms with E-state index in [-0.39, 0.29) is 11.5 Å². The number of amides is 1. The molecule has 28 heavy (non-hydrogen) atoms. The van der Waals surface area contributed by atoms with E-state index in [2.05, 4.69) is 15.5 Å². The fourth-order valence-corrected chi connectivity index (χ4v) is 2.60. The Morgan fingerprint density at radius 3 is 2.50 bits per heavy atom. The van der Waals surface area contributed by atoms with Gasteiger partial charge in [0.1, 0.15) is 0 Å². The molecule has 2 aromatic carbocycles. The van der Waals surface area contributed by atoms with Crippen LogP contribution >= 0.6 is 0 Å². The van der Waals surface area contributed by atoms with Crippen LogP contribution in [-0.2, 0) is 9.53 Å². The highest BCUT2D eigenvalue weighted by molar-refractivity contribution is 6.04. The largest absolute Gasteiger partial charge is 0.448 e. The quantitative estimate of drug-likeness (QED) is 0.519. The summed E-state index contributed by atoms with van der Waals surface area (Å²) in [6, 6.07) is 12.9. The van der Waals surface area contributed by atoms with Gasteiger partial charge in [0, 0.05) is 16.6 Å². The first kappa shape index (κ1) is 19.0. The van der Waals surface area contributed by atoms with E-state index < -0.39 is 23.5 Å². The molecule has 1 amide bonds. The van der Waals surface area contributed by atoms with Crippen LogP contribution in [0.1, 0.15) is 34.7 Å². The number of benzene rings is 2. The van der Waals surface area contributed by atoms with Crippen molar-refractivity contribution in [3.05, 3.63) is 70.1 Å². The molecule has 0 aliphatic carbocycles. The number of nitrogens with zero attached hydrogens (tertiary/aromatic N) is 1. The van der Waals surface area contributed by atoms with Gasteiger partial charge in [-0.3, -0.25) is 14.4 Å². The third kappa shape index (κ3) is 3.96. The van der Waals surface area contributed by atoms with Crippen LogP contribution in [0.5, 0.6) is 0 Å². The molecule has 1 atom stereocenters. The molecule has 0 radical (unpaired) electrons. The molecule has 0 spiro atoms. The van der Waals surface area contributed by atoms with Crippen molar-refractivity contribution in [2.24, 2.45) is 0 Å². The van der Waals surface area contributed by atoms with Crippen molar-refractivity contribution in [1.29, 1.82) is 0 Å². The minimum atomic E-state index is -1.12. The molecule has 1 aromatic heterocycles. The van der Waals surface area contributed by atoms with Crippen LogP contribution in [0.3, 0.4) is 0 Å². The average Bonchev–Trinajstić information content (AvgIpc) is 2.68. The number of aromatic amines is 1.